The van der Waals surface area contributed by atoms with Gasteiger partial charge in [-0.25, -0.2) is 0 Å². The Morgan fingerprint density at radius 2 is 1.68 bits per heavy atom. The van der Waals surface area contributed by atoms with Gasteiger partial charge in [-0.05, 0) is 126 Å². The van der Waals surface area contributed by atoms with Gasteiger partial charge in [0.1, 0.15) is 0 Å². The summed E-state index contributed by atoms with van der Waals surface area (Å²) in [7, 11) is 0. The van der Waals surface area contributed by atoms with E-state index in [0.29, 0.717) is 0 Å². The van der Waals surface area contributed by atoms with Crippen LogP contribution >= 0.6 is 0 Å². The van der Waals surface area contributed by atoms with Crippen molar-refractivity contribution in [1.29, 1.82) is 0 Å². The molecule has 0 aromatic rings. The minimum absolute atomic E-state index is 0.860. The van der Waals surface area contributed by atoms with Crippen molar-refractivity contribution in [3.63, 3.8) is 0 Å². The van der Waals surface area contributed by atoms with Crippen LogP contribution in [0.2, 0.25) is 0 Å². The predicted octanol–water partition coefficient (Wildman–Crippen LogP) is 4.60. The molecule has 14 atom stereocenters. The molecule has 0 heteroatoms. The lowest BCUT2D eigenvalue weighted by atomic mass is 9.23. The quantitative estimate of drug-likeness (QED) is 0.612. The van der Waals surface area contributed by atoms with Crippen LogP contribution in [0.3, 0.4) is 0 Å². The van der Waals surface area contributed by atoms with Crippen LogP contribution in [0, 0.1) is 81.3 Å². The molecule has 3 bridgehead atoms. The van der Waals surface area contributed by atoms with Crippen molar-refractivity contribution in [2.45, 2.75) is 51.9 Å². The maximum atomic E-state index is 2.85. The van der Waals surface area contributed by atoms with Gasteiger partial charge < -0.3 is 0 Å². The summed E-state index contributed by atoms with van der Waals surface area (Å²) in [6.07, 6.45) is 11.9. The zero-order valence-electron chi connectivity index (χ0n) is 13.8. The van der Waals surface area contributed by atoms with E-state index >= 15 is 0 Å². The molecule has 0 radical (unpaired) electrons. The molecule has 0 aromatic carbocycles. The second kappa shape index (κ2) is 2.50. The van der Waals surface area contributed by atoms with E-state index in [1.165, 1.54) is 65.1 Å². The Bertz CT molecular complexity index is 676. The van der Waals surface area contributed by atoms with E-state index in [-0.39, 0.29) is 0 Å². The van der Waals surface area contributed by atoms with Gasteiger partial charge in [0.25, 0.3) is 0 Å². The van der Waals surface area contributed by atoms with Gasteiger partial charge in [0.2, 0.25) is 0 Å². The van der Waals surface area contributed by atoms with E-state index in [1.54, 1.807) is 44.9 Å². The molecule has 0 N–H and O–H groups in total. The second-order valence-electron chi connectivity index (χ2n) is 12.1. The molecular weight excluding hydrogens is 264 g/mol. The third-order valence-corrected chi connectivity index (χ3v) is 13.2. The Hall–Kier alpha value is 0. The van der Waals surface area contributed by atoms with Crippen molar-refractivity contribution in [1.82, 2.24) is 0 Å². The molecule has 0 amide bonds. The van der Waals surface area contributed by atoms with E-state index in [9.17, 15) is 0 Å². The first kappa shape index (κ1) is 10.8. The molecule has 9 saturated carbocycles. The summed E-state index contributed by atoms with van der Waals surface area (Å²) in [5.74, 6) is 13.4. The van der Waals surface area contributed by atoms with Crippen molar-refractivity contribution in [2.75, 3.05) is 0 Å². The molecule has 9 aliphatic rings. The number of rotatable bonds is 0. The second-order valence-corrected chi connectivity index (χ2v) is 12.1. The maximum absolute atomic E-state index is 2.85. The van der Waals surface area contributed by atoms with Crippen LogP contribution in [0.1, 0.15) is 51.9 Å². The summed E-state index contributed by atoms with van der Waals surface area (Å²) in [6.45, 7) is 2.85. The van der Waals surface area contributed by atoms with E-state index in [1.807, 2.05) is 0 Å². The van der Waals surface area contributed by atoms with Crippen molar-refractivity contribution in [3.8, 4) is 0 Å². The summed E-state index contributed by atoms with van der Waals surface area (Å²) in [4.78, 5) is 0. The van der Waals surface area contributed by atoms with Crippen molar-refractivity contribution in [2.24, 2.45) is 81.3 Å². The monoisotopic (exact) mass is 292 g/mol. The SMILES string of the molecule is CC12C3C4CC(C41)C14CC5CC(C3CC3CC6CC1C36)C52C4. The van der Waals surface area contributed by atoms with E-state index in [0.717, 1.165) is 16.2 Å². The van der Waals surface area contributed by atoms with Crippen molar-refractivity contribution in [3.05, 3.63) is 0 Å². The molecule has 9 rings (SSSR count). The Morgan fingerprint density at radius 3 is 2.59 bits per heavy atom. The molecule has 0 heterocycles. The molecule has 1 spiro atoms. The lowest BCUT2D eigenvalue weighted by molar-refractivity contribution is -0.338. The fourth-order valence-corrected chi connectivity index (χ4v) is 13.2. The summed E-state index contributed by atoms with van der Waals surface area (Å²) in [6, 6.07) is 0. The first-order chi connectivity index (χ1) is 10.7. The highest BCUT2D eigenvalue weighted by molar-refractivity contribution is 5.41. The minimum atomic E-state index is 0.860. The smallest absolute Gasteiger partial charge is 0.0173 e. The summed E-state index contributed by atoms with van der Waals surface area (Å²) in [5, 5.41) is 0. The predicted molar refractivity (Wildman–Crippen MR) is 83.7 cm³/mol. The van der Waals surface area contributed by atoms with Crippen LogP contribution in [0.15, 0.2) is 0 Å². The van der Waals surface area contributed by atoms with Gasteiger partial charge in [-0.15, -0.1) is 0 Å². The zero-order valence-corrected chi connectivity index (χ0v) is 13.8. The average Bonchev–Trinajstić information content (AvgIpc) is 2.75. The van der Waals surface area contributed by atoms with E-state index in [2.05, 4.69) is 6.92 Å². The van der Waals surface area contributed by atoms with Crippen molar-refractivity contribution < 1.29 is 0 Å². The number of hydrogen-bond acceptors (Lipinski definition) is 0. The van der Waals surface area contributed by atoms with E-state index < -0.39 is 0 Å². The van der Waals surface area contributed by atoms with Crippen molar-refractivity contribution >= 4 is 0 Å². The molecule has 14 unspecified atom stereocenters. The highest BCUT2D eigenvalue weighted by atomic mass is 15.0. The molecule has 0 saturated heterocycles. The normalized spacial score (nSPS) is 88.0. The lowest BCUT2D eigenvalue weighted by Gasteiger charge is -2.81. The minimum Gasteiger partial charge on any atom is -0.0585 e. The standard InChI is InChI=1S/C22H28/c1-20-18-12-3-9-2-10-4-15(17(9)10)21(16-6-13(18)19(16)20)7-11-5-14(12)22(11,20)8-21/h9-19H,2-8H2,1H3. The van der Waals surface area contributed by atoms with Crippen LogP contribution < -0.4 is 0 Å². The average molecular weight is 292 g/mol. The first-order valence-corrected chi connectivity index (χ1v) is 10.7. The third-order valence-electron chi connectivity index (χ3n) is 13.2. The van der Waals surface area contributed by atoms with Crippen LogP contribution in [0.25, 0.3) is 0 Å². The van der Waals surface area contributed by atoms with E-state index in [4.69, 9.17) is 0 Å². The van der Waals surface area contributed by atoms with Gasteiger partial charge in [0.15, 0.2) is 0 Å². The first-order valence-electron chi connectivity index (χ1n) is 10.7. The maximum Gasteiger partial charge on any atom is -0.0173 e. The van der Waals surface area contributed by atoms with Crippen LogP contribution in [0.5, 0.6) is 0 Å². The van der Waals surface area contributed by atoms with Crippen LogP contribution in [-0.2, 0) is 0 Å². The molecular formula is C22H28. The Balaban J connectivity index is 1.40. The highest BCUT2D eigenvalue weighted by Crippen LogP contribution is 2.99. The summed E-state index contributed by atoms with van der Waals surface area (Å²) in [5.41, 5.74) is 2.68. The zero-order chi connectivity index (χ0) is 13.8. The molecule has 9 fully saturated rings. The molecule has 116 valence electrons. The molecule has 22 heavy (non-hydrogen) atoms. The summed E-state index contributed by atoms with van der Waals surface area (Å²) >= 11 is 0. The van der Waals surface area contributed by atoms with Gasteiger partial charge >= 0.3 is 0 Å². The number of hydrogen-bond donors (Lipinski definition) is 0. The fraction of sp³-hybridized carbons (Fsp3) is 1.00. The van der Waals surface area contributed by atoms with Crippen LogP contribution in [-0.4, -0.2) is 0 Å². The topological polar surface area (TPSA) is 0 Å². The largest absolute Gasteiger partial charge is 0.0585 e. The van der Waals surface area contributed by atoms with Gasteiger partial charge in [-0.1, -0.05) is 6.92 Å². The van der Waals surface area contributed by atoms with Gasteiger partial charge in [-0.2, -0.15) is 0 Å². The molecule has 0 aromatic heterocycles. The molecule has 9 aliphatic carbocycles. The summed E-state index contributed by atoms with van der Waals surface area (Å²) < 4.78 is 0. The lowest BCUT2D eigenvalue weighted by Crippen LogP contribution is -2.76. The number of fused-ring (bicyclic) bond motifs is 2. The Morgan fingerprint density at radius 1 is 0.773 bits per heavy atom. The highest BCUT2D eigenvalue weighted by Gasteiger charge is 2.93. The Labute approximate surface area is 133 Å². The molecule has 0 aliphatic heterocycles. The third kappa shape index (κ3) is 0.619. The van der Waals surface area contributed by atoms with Crippen LogP contribution in [0.4, 0.5) is 0 Å². The van der Waals surface area contributed by atoms with Gasteiger partial charge in [0, 0.05) is 0 Å². The fourth-order valence-electron chi connectivity index (χ4n) is 13.2. The van der Waals surface area contributed by atoms with Gasteiger partial charge in [0.05, 0.1) is 0 Å². The van der Waals surface area contributed by atoms with Gasteiger partial charge in [-0.3, -0.25) is 0 Å². The Kier molecular flexibility index (Phi) is 1.22. The molecule has 0 nitrogen and oxygen atoms in total.